The van der Waals surface area contributed by atoms with E-state index in [-0.39, 0.29) is 0 Å². The Morgan fingerprint density at radius 1 is 0.931 bits per heavy atom. The van der Waals surface area contributed by atoms with Crippen LogP contribution in [-0.2, 0) is 6.42 Å². The quantitative estimate of drug-likeness (QED) is 0.353. The smallest absolute Gasteiger partial charge is 0.119 e. The summed E-state index contributed by atoms with van der Waals surface area (Å²) in [6.07, 6.45) is 3.41. The second-order valence-corrected chi connectivity index (χ2v) is 8.53. The Morgan fingerprint density at radius 3 is 2.69 bits per heavy atom. The summed E-state index contributed by atoms with van der Waals surface area (Å²) >= 11 is 1.80. The predicted octanol–water partition coefficient (Wildman–Crippen LogP) is 6.61. The fourth-order valence-electron chi connectivity index (χ4n) is 4.24. The van der Waals surface area contributed by atoms with Crippen LogP contribution in [0.1, 0.15) is 30.0 Å². The number of benzene rings is 3. The molecule has 0 spiro atoms. The molecule has 1 aliphatic carbocycles. The Hall–Kier alpha value is -2.62. The van der Waals surface area contributed by atoms with Gasteiger partial charge in [-0.15, -0.1) is 11.3 Å². The molecule has 1 aliphatic rings. The molecule has 0 saturated heterocycles. The van der Waals surface area contributed by atoms with Crippen LogP contribution in [0.3, 0.4) is 0 Å². The number of hydrogen-bond acceptors (Lipinski definition) is 3. The van der Waals surface area contributed by atoms with E-state index >= 15 is 0 Å². The molecule has 2 nitrogen and oxygen atoms in total. The minimum absolute atomic E-state index is 0.505. The van der Waals surface area contributed by atoms with Crippen LogP contribution in [-0.4, -0.2) is 13.2 Å². The number of nitrogens with one attached hydrogen (secondary N) is 1. The molecule has 5 rings (SSSR count). The van der Waals surface area contributed by atoms with Crippen molar-refractivity contribution < 1.29 is 4.74 Å². The minimum Gasteiger partial charge on any atom is -0.494 e. The molecule has 0 bridgehead atoms. The van der Waals surface area contributed by atoms with E-state index in [0.717, 1.165) is 25.3 Å². The van der Waals surface area contributed by atoms with E-state index in [0.29, 0.717) is 6.04 Å². The summed E-state index contributed by atoms with van der Waals surface area (Å²) in [5, 5.41) is 7.26. The third-order valence-electron chi connectivity index (χ3n) is 5.76. The van der Waals surface area contributed by atoms with E-state index in [4.69, 9.17) is 4.74 Å². The molecule has 1 heterocycles. The lowest BCUT2D eigenvalue weighted by Gasteiger charge is -2.14. The molecule has 0 saturated carbocycles. The normalized spacial score (nSPS) is 15.5. The summed E-state index contributed by atoms with van der Waals surface area (Å²) in [5.74, 6) is 0.944. The molecule has 3 heteroatoms. The van der Waals surface area contributed by atoms with Crippen LogP contribution in [0.15, 0.2) is 78.2 Å². The first-order valence-corrected chi connectivity index (χ1v) is 11.3. The van der Waals surface area contributed by atoms with Gasteiger partial charge in [-0.05, 0) is 66.1 Å². The summed E-state index contributed by atoms with van der Waals surface area (Å²) in [6.45, 7) is 1.72. The zero-order valence-electron chi connectivity index (χ0n) is 16.4. The summed E-state index contributed by atoms with van der Waals surface area (Å²) < 4.78 is 7.30. The van der Waals surface area contributed by atoms with Crippen LogP contribution in [0.25, 0.3) is 21.2 Å². The molecule has 29 heavy (non-hydrogen) atoms. The highest BCUT2D eigenvalue weighted by Gasteiger charge is 2.20. The Balaban J connectivity index is 1.12. The first kappa shape index (κ1) is 18.4. The Labute approximate surface area is 176 Å². The van der Waals surface area contributed by atoms with Crippen LogP contribution in [0.2, 0.25) is 0 Å². The van der Waals surface area contributed by atoms with Crippen LogP contribution >= 0.6 is 11.3 Å². The summed E-state index contributed by atoms with van der Waals surface area (Å²) in [5.41, 5.74) is 5.53. The molecule has 0 fully saturated rings. The number of ether oxygens (including phenoxy) is 1. The fraction of sp³-hybridized carbons (Fsp3) is 0.231. The number of fused-ring (bicyclic) bond motifs is 2. The molecule has 0 amide bonds. The van der Waals surface area contributed by atoms with Crippen LogP contribution in [0, 0.1) is 0 Å². The van der Waals surface area contributed by atoms with Crippen LogP contribution < -0.4 is 10.1 Å². The van der Waals surface area contributed by atoms with Crippen molar-refractivity contribution in [1.82, 2.24) is 5.32 Å². The van der Waals surface area contributed by atoms with Gasteiger partial charge >= 0.3 is 0 Å². The molecule has 1 aromatic heterocycles. The molecule has 4 aromatic rings. The molecule has 0 aliphatic heterocycles. The second kappa shape index (κ2) is 8.40. The molecular formula is C26H25NOS. The number of hydrogen-bond donors (Lipinski definition) is 1. The van der Waals surface area contributed by atoms with Gasteiger partial charge in [-0.25, -0.2) is 0 Å². The van der Waals surface area contributed by atoms with Crippen molar-refractivity contribution >= 4 is 21.4 Å². The zero-order chi connectivity index (χ0) is 19.5. The topological polar surface area (TPSA) is 21.3 Å². The van der Waals surface area contributed by atoms with Crippen LogP contribution in [0.4, 0.5) is 0 Å². The minimum atomic E-state index is 0.505. The van der Waals surface area contributed by atoms with Gasteiger partial charge in [0, 0.05) is 21.7 Å². The highest BCUT2D eigenvalue weighted by atomic mass is 32.1. The molecular weight excluding hydrogens is 374 g/mol. The van der Waals surface area contributed by atoms with Crippen molar-refractivity contribution in [2.45, 2.75) is 25.3 Å². The molecule has 1 N–H and O–H groups in total. The fourth-order valence-corrected chi connectivity index (χ4v) is 5.21. The Kier molecular flexibility index (Phi) is 5.33. The molecule has 1 unspecified atom stereocenters. The van der Waals surface area contributed by atoms with Gasteiger partial charge in [-0.3, -0.25) is 0 Å². The third kappa shape index (κ3) is 3.93. The lowest BCUT2D eigenvalue weighted by molar-refractivity contribution is 0.304. The third-order valence-corrected chi connectivity index (χ3v) is 6.72. The van der Waals surface area contributed by atoms with Gasteiger partial charge in [0.05, 0.1) is 6.61 Å². The van der Waals surface area contributed by atoms with Gasteiger partial charge in [0.2, 0.25) is 0 Å². The van der Waals surface area contributed by atoms with Gasteiger partial charge < -0.3 is 10.1 Å². The standard InChI is InChI=1S/C26H25NOS/c1-2-7-22-19(6-1)12-15-25(22)27-16-5-17-28-21-13-10-20(11-14-21)24-18-29-26-9-4-3-8-23(24)26/h1-4,6-11,13-14,18,25,27H,5,12,15-17H2. The second-order valence-electron chi connectivity index (χ2n) is 7.62. The van der Waals surface area contributed by atoms with E-state index < -0.39 is 0 Å². The van der Waals surface area contributed by atoms with Gasteiger partial charge in [-0.1, -0.05) is 54.6 Å². The molecule has 1 atom stereocenters. The largest absolute Gasteiger partial charge is 0.494 e. The molecule has 146 valence electrons. The SMILES string of the molecule is c1ccc2c(c1)CCC2NCCCOc1ccc(-c2csc3ccccc23)cc1. The average molecular weight is 400 g/mol. The van der Waals surface area contributed by atoms with E-state index in [1.165, 1.54) is 45.2 Å². The highest BCUT2D eigenvalue weighted by molar-refractivity contribution is 7.17. The highest BCUT2D eigenvalue weighted by Crippen LogP contribution is 2.34. The lowest BCUT2D eigenvalue weighted by Crippen LogP contribution is -2.21. The number of thiophene rings is 1. The van der Waals surface area contributed by atoms with E-state index in [9.17, 15) is 0 Å². The van der Waals surface area contributed by atoms with Crippen molar-refractivity contribution in [3.05, 3.63) is 89.3 Å². The first-order chi connectivity index (χ1) is 14.4. The number of aryl methyl sites for hydroxylation is 1. The van der Waals surface area contributed by atoms with Gasteiger partial charge in [0.1, 0.15) is 5.75 Å². The van der Waals surface area contributed by atoms with Crippen molar-refractivity contribution in [2.75, 3.05) is 13.2 Å². The number of rotatable bonds is 7. The Bertz CT molecular complexity index is 1100. The summed E-state index contributed by atoms with van der Waals surface area (Å²) in [4.78, 5) is 0. The monoisotopic (exact) mass is 399 g/mol. The van der Waals surface area contributed by atoms with Crippen molar-refractivity contribution in [3.8, 4) is 16.9 Å². The van der Waals surface area contributed by atoms with E-state index in [2.05, 4.69) is 83.5 Å². The Morgan fingerprint density at radius 2 is 1.76 bits per heavy atom. The summed E-state index contributed by atoms with van der Waals surface area (Å²) in [7, 11) is 0. The predicted molar refractivity (Wildman–Crippen MR) is 123 cm³/mol. The lowest BCUT2D eigenvalue weighted by atomic mass is 10.0. The zero-order valence-corrected chi connectivity index (χ0v) is 17.3. The molecule has 0 radical (unpaired) electrons. The van der Waals surface area contributed by atoms with Crippen LogP contribution in [0.5, 0.6) is 5.75 Å². The van der Waals surface area contributed by atoms with Crippen molar-refractivity contribution in [3.63, 3.8) is 0 Å². The maximum absolute atomic E-state index is 5.96. The maximum Gasteiger partial charge on any atom is 0.119 e. The average Bonchev–Trinajstić information content (AvgIpc) is 3.38. The van der Waals surface area contributed by atoms with Gasteiger partial charge in [0.15, 0.2) is 0 Å². The van der Waals surface area contributed by atoms with Crippen molar-refractivity contribution in [1.29, 1.82) is 0 Å². The van der Waals surface area contributed by atoms with Crippen molar-refractivity contribution in [2.24, 2.45) is 0 Å². The summed E-state index contributed by atoms with van der Waals surface area (Å²) in [6, 6.07) is 26.4. The van der Waals surface area contributed by atoms with Gasteiger partial charge in [0.25, 0.3) is 0 Å². The van der Waals surface area contributed by atoms with Gasteiger partial charge in [-0.2, -0.15) is 0 Å². The van der Waals surface area contributed by atoms with E-state index in [1.54, 1.807) is 11.3 Å². The molecule has 3 aromatic carbocycles. The first-order valence-electron chi connectivity index (χ1n) is 10.4. The van der Waals surface area contributed by atoms with E-state index in [1.807, 2.05) is 0 Å². The maximum atomic E-state index is 5.96.